The van der Waals surface area contributed by atoms with E-state index >= 15 is 0 Å². The Morgan fingerprint density at radius 3 is 2.00 bits per heavy atom. The molecule has 0 spiro atoms. The van der Waals surface area contributed by atoms with Gasteiger partial charge in [-0.25, -0.2) is 0 Å². The number of hydrogen-bond acceptors (Lipinski definition) is 4. The Morgan fingerprint density at radius 1 is 1.50 bits per heavy atom. The smallest absolute Gasteiger partial charge is 0.268 e. The molecule has 0 heterocycles. The van der Waals surface area contributed by atoms with Crippen LogP contribution in [0.4, 0.5) is 0 Å². The molecule has 0 aliphatic heterocycles. The fraction of sp³-hybridized carbons (Fsp3) is 1.00. The van der Waals surface area contributed by atoms with Gasteiger partial charge in [-0.3, -0.25) is 4.55 Å². The van der Waals surface area contributed by atoms with Gasteiger partial charge in [-0.2, -0.15) is 8.42 Å². The molecule has 0 unspecified atom stereocenters. The molecule has 0 aromatic carbocycles. The largest absolute Gasteiger partial charge is 0.313 e. The van der Waals surface area contributed by atoms with E-state index < -0.39 is 21.5 Å². The summed E-state index contributed by atoms with van der Waals surface area (Å²) in [6, 6.07) is 0. The van der Waals surface area contributed by atoms with Crippen LogP contribution < -0.4 is 11.5 Å². The molecule has 6 heteroatoms. The summed E-state index contributed by atoms with van der Waals surface area (Å²) in [6.07, 6.45) is 0.298. The van der Waals surface area contributed by atoms with E-state index in [9.17, 15) is 8.42 Å². The van der Waals surface area contributed by atoms with Crippen molar-refractivity contribution in [2.75, 3.05) is 5.75 Å². The van der Waals surface area contributed by atoms with Crippen molar-refractivity contribution in [2.45, 2.75) is 19.0 Å². The first-order valence-electron chi connectivity index (χ1n) is 2.80. The fourth-order valence-corrected chi connectivity index (χ4v) is 1.32. The highest BCUT2D eigenvalue weighted by Gasteiger charge is 2.23. The lowest BCUT2D eigenvalue weighted by atomic mass is 10.2. The normalized spacial score (nSPS) is 13.6. The Bertz CT molecular complexity index is 197. The highest BCUT2D eigenvalue weighted by molar-refractivity contribution is 7.85. The molecule has 0 fully saturated rings. The Kier molecular flexibility index (Phi) is 2.78. The molecule has 5 N–H and O–H groups in total. The highest BCUT2D eigenvalue weighted by atomic mass is 32.2. The van der Waals surface area contributed by atoms with Crippen molar-refractivity contribution < 1.29 is 13.0 Å². The van der Waals surface area contributed by atoms with Gasteiger partial charge < -0.3 is 11.5 Å². The monoisotopic (exact) mass is 168 g/mol. The van der Waals surface area contributed by atoms with Crippen molar-refractivity contribution in [3.05, 3.63) is 0 Å². The summed E-state index contributed by atoms with van der Waals surface area (Å²) < 4.78 is 28.7. The van der Waals surface area contributed by atoms with Crippen molar-refractivity contribution in [3.8, 4) is 0 Å². The van der Waals surface area contributed by atoms with Gasteiger partial charge in [-0.15, -0.1) is 0 Å². The number of rotatable bonds is 3. The van der Waals surface area contributed by atoms with Crippen LogP contribution in [0.5, 0.6) is 0 Å². The zero-order valence-electron chi connectivity index (χ0n) is 5.74. The molecule has 0 rings (SSSR count). The highest BCUT2D eigenvalue weighted by Crippen LogP contribution is 2.00. The molecule has 10 heavy (non-hydrogen) atoms. The van der Waals surface area contributed by atoms with Crippen LogP contribution >= 0.6 is 0 Å². The Hall–Kier alpha value is -0.170. The van der Waals surface area contributed by atoms with Crippen molar-refractivity contribution in [2.24, 2.45) is 11.5 Å². The Balaban J connectivity index is 4.16. The average molecular weight is 168 g/mol. The summed E-state index contributed by atoms with van der Waals surface area (Å²) >= 11 is 0. The molecule has 0 radical (unpaired) electrons. The lowest BCUT2D eigenvalue weighted by molar-refractivity contribution is 0.428. The molecule has 0 aromatic rings. The molecule has 0 aliphatic carbocycles. The SMILES string of the molecule is CCC(N)(N)CS(=O)(=O)O. The van der Waals surface area contributed by atoms with E-state index in [-0.39, 0.29) is 0 Å². The summed E-state index contributed by atoms with van der Waals surface area (Å²) in [5, 5.41) is 0. The standard InChI is InChI=1S/C4H12N2O3S/c1-2-4(5,6)3-10(7,8)9/h2-3,5-6H2,1H3,(H,7,8,9). The van der Waals surface area contributed by atoms with Gasteiger partial charge in [0.25, 0.3) is 10.1 Å². The predicted octanol–water partition coefficient (Wildman–Crippen LogP) is -1.10. The minimum atomic E-state index is -4.04. The fourth-order valence-electron chi connectivity index (χ4n) is 0.442. The second-order valence-corrected chi connectivity index (χ2v) is 3.77. The van der Waals surface area contributed by atoms with E-state index in [4.69, 9.17) is 16.0 Å². The molecule has 0 aromatic heterocycles. The average Bonchev–Trinajstić information content (AvgIpc) is 1.60. The van der Waals surface area contributed by atoms with Crippen LogP contribution in [0.3, 0.4) is 0 Å². The zero-order chi connectivity index (χ0) is 8.41. The van der Waals surface area contributed by atoms with Crippen LogP contribution in [-0.4, -0.2) is 24.4 Å². The summed E-state index contributed by atoms with van der Waals surface area (Å²) in [7, 11) is -4.04. The van der Waals surface area contributed by atoms with E-state index in [1.54, 1.807) is 6.92 Å². The second kappa shape index (κ2) is 2.83. The van der Waals surface area contributed by atoms with Gasteiger partial charge >= 0.3 is 0 Å². The third-order valence-electron chi connectivity index (χ3n) is 1.11. The molecular weight excluding hydrogens is 156 g/mol. The molecule has 5 nitrogen and oxygen atoms in total. The maximum absolute atomic E-state index is 10.2. The lowest BCUT2D eigenvalue weighted by Crippen LogP contribution is -2.54. The topological polar surface area (TPSA) is 106 Å². The maximum Gasteiger partial charge on any atom is 0.268 e. The van der Waals surface area contributed by atoms with Crippen molar-refractivity contribution >= 4 is 10.1 Å². The number of nitrogens with two attached hydrogens (primary N) is 2. The van der Waals surface area contributed by atoms with Gasteiger partial charge in [0.15, 0.2) is 0 Å². The first-order chi connectivity index (χ1) is 4.27. The van der Waals surface area contributed by atoms with E-state index in [0.29, 0.717) is 6.42 Å². The van der Waals surface area contributed by atoms with E-state index in [2.05, 4.69) is 0 Å². The van der Waals surface area contributed by atoms with Crippen molar-refractivity contribution in [1.29, 1.82) is 0 Å². The molecule has 0 saturated carbocycles. The van der Waals surface area contributed by atoms with Crippen LogP contribution in [0.2, 0.25) is 0 Å². The zero-order valence-corrected chi connectivity index (χ0v) is 6.56. The Labute approximate surface area is 60.1 Å². The molecule has 0 amide bonds. The molecule has 0 aliphatic rings. The quantitative estimate of drug-likeness (QED) is 0.366. The van der Waals surface area contributed by atoms with Crippen molar-refractivity contribution in [1.82, 2.24) is 0 Å². The molecule has 0 bridgehead atoms. The van der Waals surface area contributed by atoms with E-state index in [0.717, 1.165) is 0 Å². The predicted molar refractivity (Wildman–Crippen MR) is 37.8 cm³/mol. The van der Waals surface area contributed by atoms with Gasteiger partial charge in [0, 0.05) is 0 Å². The summed E-state index contributed by atoms with van der Waals surface area (Å²) in [6.45, 7) is 1.64. The van der Waals surface area contributed by atoms with Crippen LogP contribution in [-0.2, 0) is 10.1 Å². The third kappa shape index (κ3) is 4.68. The van der Waals surface area contributed by atoms with Crippen LogP contribution in [0.15, 0.2) is 0 Å². The van der Waals surface area contributed by atoms with Gasteiger partial charge in [-0.05, 0) is 6.42 Å². The van der Waals surface area contributed by atoms with Gasteiger partial charge in [0.1, 0.15) is 5.75 Å². The minimum Gasteiger partial charge on any atom is -0.313 e. The molecule has 0 atom stereocenters. The van der Waals surface area contributed by atoms with Gasteiger partial charge in [-0.1, -0.05) is 6.92 Å². The van der Waals surface area contributed by atoms with E-state index in [1.807, 2.05) is 0 Å². The molecule has 0 saturated heterocycles. The first kappa shape index (κ1) is 9.83. The van der Waals surface area contributed by atoms with Crippen LogP contribution in [0.1, 0.15) is 13.3 Å². The Morgan fingerprint density at radius 2 is 1.90 bits per heavy atom. The maximum atomic E-state index is 10.2. The second-order valence-electron chi connectivity index (χ2n) is 2.31. The van der Waals surface area contributed by atoms with Gasteiger partial charge in [0.05, 0.1) is 5.66 Å². The van der Waals surface area contributed by atoms with Crippen molar-refractivity contribution in [3.63, 3.8) is 0 Å². The molecule has 62 valence electrons. The van der Waals surface area contributed by atoms with Crippen LogP contribution in [0.25, 0.3) is 0 Å². The third-order valence-corrected chi connectivity index (χ3v) is 2.01. The van der Waals surface area contributed by atoms with E-state index in [1.165, 1.54) is 0 Å². The first-order valence-corrected chi connectivity index (χ1v) is 4.41. The summed E-state index contributed by atoms with van der Waals surface area (Å²) in [5.74, 6) is -0.601. The summed E-state index contributed by atoms with van der Waals surface area (Å²) in [4.78, 5) is 0. The lowest BCUT2D eigenvalue weighted by Gasteiger charge is -2.19. The van der Waals surface area contributed by atoms with Crippen LogP contribution in [0, 0.1) is 0 Å². The van der Waals surface area contributed by atoms with Gasteiger partial charge in [0.2, 0.25) is 0 Å². The number of hydrogen-bond donors (Lipinski definition) is 3. The summed E-state index contributed by atoms with van der Waals surface area (Å²) in [5.41, 5.74) is 9.17. The minimum absolute atomic E-state index is 0.298. The molecular formula is C4H12N2O3S.